The van der Waals surface area contributed by atoms with Crippen molar-refractivity contribution in [1.29, 1.82) is 0 Å². The first-order valence-electron chi connectivity index (χ1n) is 7.02. The SMILES string of the molecule is CC.CC.CC1CCC1.CCCC.[CH2-]C.[V]. The molecule has 0 bridgehead atoms. The molecule has 0 aromatic carbocycles. The zero-order valence-electron chi connectivity index (χ0n) is 13.3. The van der Waals surface area contributed by atoms with Gasteiger partial charge in [-0.15, -0.1) is 0 Å². The molecule has 16 heavy (non-hydrogen) atoms. The fraction of sp³-hybridized carbons (Fsp3) is 0.933. The maximum absolute atomic E-state index is 3.25. The van der Waals surface area contributed by atoms with E-state index in [9.17, 15) is 0 Å². The molecule has 1 rings (SSSR count). The number of rotatable bonds is 1. The Morgan fingerprint density at radius 1 is 0.875 bits per heavy atom. The Morgan fingerprint density at radius 3 is 1.06 bits per heavy atom. The summed E-state index contributed by atoms with van der Waals surface area (Å²) in [5.74, 6) is 1.06. The Hall–Kier alpha value is 0.584. The second-order valence-corrected chi connectivity index (χ2v) is 3.04. The van der Waals surface area contributed by atoms with E-state index in [1.54, 1.807) is 6.92 Å². The fourth-order valence-electron chi connectivity index (χ4n) is 0.612. The molecule has 1 aliphatic rings. The second-order valence-electron chi connectivity index (χ2n) is 3.04. The van der Waals surface area contributed by atoms with Crippen LogP contribution in [-0.4, -0.2) is 0 Å². The molecule has 0 aliphatic heterocycles. The van der Waals surface area contributed by atoms with Crippen LogP contribution in [0.25, 0.3) is 0 Å². The van der Waals surface area contributed by atoms with Crippen molar-refractivity contribution >= 4 is 0 Å². The molecule has 0 amide bonds. The Kier molecular flexibility index (Phi) is 84.4. The van der Waals surface area contributed by atoms with Crippen LogP contribution in [-0.2, 0) is 18.6 Å². The molecule has 0 nitrogen and oxygen atoms in total. The molecule has 0 atom stereocenters. The van der Waals surface area contributed by atoms with Gasteiger partial charge >= 0.3 is 0 Å². The summed E-state index contributed by atoms with van der Waals surface area (Å²) in [5.41, 5.74) is 0. The van der Waals surface area contributed by atoms with Crippen LogP contribution in [0.2, 0.25) is 0 Å². The first kappa shape index (κ1) is 30.0. The zero-order valence-corrected chi connectivity index (χ0v) is 14.7. The van der Waals surface area contributed by atoms with Gasteiger partial charge in [0.05, 0.1) is 0 Å². The average molecular weight is 268 g/mol. The third-order valence-corrected chi connectivity index (χ3v) is 1.89. The molecule has 1 aliphatic carbocycles. The minimum atomic E-state index is 0. The van der Waals surface area contributed by atoms with Crippen molar-refractivity contribution in [2.24, 2.45) is 5.92 Å². The molecule has 0 N–H and O–H groups in total. The van der Waals surface area contributed by atoms with Crippen LogP contribution in [0.1, 0.15) is 87.5 Å². The van der Waals surface area contributed by atoms with Crippen LogP contribution < -0.4 is 0 Å². The van der Waals surface area contributed by atoms with Crippen LogP contribution in [0, 0.1) is 12.8 Å². The summed E-state index contributed by atoms with van der Waals surface area (Å²) in [5, 5.41) is 0. The van der Waals surface area contributed by atoms with Crippen LogP contribution in [0.3, 0.4) is 0 Å². The van der Waals surface area contributed by atoms with E-state index in [1.807, 2.05) is 27.7 Å². The monoisotopic (exact) mass is 268 g/mol. The first-order chi connectivity index (χ1) is 7.31. The first-order valence-corrected chi connectivity index (χ1v) is 7.02. The van der Waals surface area contributed by atoms with Crippen LogP contribution >= 0.6 is 0 Å². The van der Waals surface area contributed by atoms with E-state index in [1.165, 1.54) is 32.1 Å². The third kappa shape index (κ3) is 46.8. The van der Waals surface area contributed by atoms with Crippen molar-refractivity contribution < 1.29 is 18.6 Å². The van der Waals surface area contributed by atoms with E-state index in [4.69, 9.17) is 0 Å². The average Bonchev–Trinajstić information content (AvgIpc) is 2.34. The number of hydrogen-bond acceptors (Lipinski definition) is 0. The topological polar surface area (TPSA) is 0 Å². The molecule has 1 heteroatoms. The predicted octanol–water partition coefficient (Wildman–Crippen LogP) is 6.50. The van der Waals surface area contributed by atoms with Gasteiger partial charge in [0.1, 0.15) is 0 Å². The third-order valence-electron chi connectivity index (χ3n) is 1.89. The number of hydrogen-bond donors (Lipinski definition) is 0. The quantitative estimate of drug-likeness (QED) is 0.476. The predicted molar refractivity (Wildman–Crippen MR) is 77.3 cm³/mol. The van der Waals surface area contributed by atoms with Crippen molar-refractivity contribution in [1.82, 2.24) is 0 Å². The standard InChI is InChI=1S/C5H10.C4H10.2C2H6.C2H5.V/c1-5-3-2-4-5;1-3-4-2;3*1-2;/h5H,2-4H2,1H3;3-4H2,1-2H3;2*1-2H3;1H2,2H3;/q;;;;-1;. The Labute approximate surface area is 119 Å². The second kappa shape index (κ2) is 45.0. The van der Waals surface area contributed by atoms with Gasteiger partial charge in [0, 0.05) is 18.6 Å². The van der Waals surface area contributed by atoms with E-state index in [-0.39, 0.29) is 18.6 Å². The normalized spacial score (nSPS) is 11.1. The van der Waals surface area contributed by atoms with E-state index in [0.29, 0.717) is 0 Å². The molecule has 1 saturated carbocycles. The summed E-state index contributed by atoms with van der Waals surface area (Å²) in [6.07, 6.45) is 7.10. The van der Waals surface area contributed by atoms with Crippen molar-refractivity contribution in [3.05, 3.63) is 6.92 Å². The molecule has 1 fully saturated rings. The van der Waals surface area contributed by atoms with Gasteiger partial charge in [-0.05, 0) is 5.92 Å². The van der Waals surface area contributed by atoms with Crippen LogP contribution in [0.5, 0.6) is 0 Å². The van der Waals surface area contributed by atoms with Crippen molar-refractivity contribution in [2.45, 2.75) is 87.5 Å². The van der Waals surface area contributed by atoms with E-state index >= 15 is 0 Å². The molecular weight excluding hydrogens is 231 g/mol. The zero-order chi connectivity index (χ0) is 13.1. The van der Waals surface area contributed by atoms with Gasteiger partial charge in [-0.1, -0.05) is 80.6 Å². The Bertz CT molecular complexity index is 47.4. The summed E-state index contributed by atoms with van der Waals surface area (Å²) < 4.78 is 0. The molecular formula is C15H37V-. The van der Waals surface area contributed by atoms with Gasteiger partial charge in [-0.2, -0.15) is 6.92 Å². The van der Waals surface area contributed by atoms with E-state index in [2.05, 4.69) is 27.7 Å². The van der Waals surface area contributed by atoms with Gasteiger partial charge in [0.25, 0.3) is 0 Å². The van der Waals surface area contributed by atoms with Gasteiger partial charge in [0.2, 0.25) is 0 Å². The largest absolute Gasteiger partial charge is 0.346 e. The molecule has 0 spiro atoms. The molecule has 0 saturated heterocycles. The Balaban J connectivity index is -0.0000000337. The van der Waals surface area contributed by atoms with Gasteiger partial charge in [-0.3, -0.25) is 0 Å². The molecule has 0 heterocycles. The van der Waals surface area contributed by atoms with Gasteiger partial charge < -0.3 is 6.92 Å². The minimum absolute atomic E-state index is 0. The van der Waals surface area contributed by atoms with Crippen molar-refractivity contribution in [3.8, 4) is 0 Å². The number of unbranched alkanes of at least 4 members (excludes halogenated alkanes) is 1. The maximum atomic E-state index is 3.25. The molecule has 0 aromatic rings. The smallest absolute Gasteiger partial charge is 0 e. The minimum Gasteiger partial charge on any atom is -0.346 e. The van der Waals surface area contributed by atoms with Gasteiger partial charge in [-0.25, -0.2) is 0 Å². The van der Waals surface area contributed by atoms with E-state index in [0.717, 1.165) is 5.92 Å². The molecule has 0 unspecified atom stereocenters. The van der Waals surface area contributed by atoms with Crippen LogP contribution in [0.4, 0.5) is 0 Å². The van der Waals surface area contributed by atoms with Gasteiger partial charge in [0.15, 0.2) is 0 Å². The van der Waals surface area contributed by atoms with E-state index < -0.39 is 0 Å². The molecule has 0 aromatic heterocycles. The maximum Gasteiger partial charge on any atom is 0 e. The van der Waals surface area contributed by atoms with Crippen LogP contribution in [0.15, 0.2) is 0 Å². The van der Waals surface area contributed by atoms with Crippen molar-refractivity contribution in [2.75, 3.05) is 0 Å². The summed E-state index contributed by atoms with van der Waals surface area (Å²) in [7, 11) is 0. The summed E-state index contributed by atoms with van der Waals surface area (Å²) in [6.45, 7) is 19.7. The molecule has 1 radical (unpaired) electrons. The summed E-state index contributed by atoms with van der Waals surface area (Å²) >= 11 is 0. The fourth-order valence-corrected chi connectivity index (χ4v) is 0.612. The Morgan fingerprint density at radius 2 is 1.06 bits per heavy atom. The molecule has 103 valence electrons. The summed E-state index contributed by atoms with van der Waals surface area (Å²) in [4.78, 5) is 0. The van der Waals surface area contributed by atoms with Crippen molar-refractivity contribution in [3.63, 3.8) is 0 Å². The summed E-state index contributed by atoms with van der Waals surface area (Å²) in [6, 6.07) is 0.